The number of carbonyl (C=O) groups is 2. The topological polar surface area (TPSA) is 84.9 Å². The first-order valence-electron chi connectivity index (χ1n) is 6.91. The molecule has 120 valence electrons. The number of rotatable bonds is 6. The Labute approximate surface area is 133 Å². The van der Waals surface area contributed by atoms with E-state index in [0.717, 1.165) is 0 Å². The average molecular weight is 315 g/mol. The van der Waals surface area contributed by atoms with Gasteiger partial charge in [-0.2, -0.15) is 0 Å². The Morgan fingerprint density at radius 3 is 2.57 bits per heavy atom. The average Bonchev–Trinajstić information content (AvgIpc) is 2.53. The Balaban J connectivity index is 2.07. The van der Waals surface area contributed by atoms with E-state index in [4.69, 9.17) is 14.6 Å². The predicted molar refractivity (Wildman–Crippen MR) is 85.3 cm³/mol. The Morgan fingerprint density at radius 2 is 1.87 bits per heavy atom. The van der Waals surface area contributed by atoms with Gasteiger partial charge in [0.25, 0.3) is 5.91 Å². The highest BCUT2D eigenvalue weighted by molar-refractivity contribution is 5.94. The summed E-state index contributed by atoms with van der Waals surface area (Å²) in [5, 5.41) is 11.8. The van der Waals surface area contributed by atoms with E-state index in [1.54, 1.807) is 43.3 Å². The molecule has 0 spiro atoms. The fourth-order valence-electron chi connectivity index (χ4n) is 2.08. The molecule has 2 rings (SSSR count). The van der Waals surface area contributed by atoms with E-state index in [9.17, 15) is 9.59 Å². The number of hydrogen-bond donors (Lipinski definition) is 2. The highest BCUT2D eigenvalue weighted by Crippen LogP contribution is 2.25. The molecule has 0 aliphatic heterocycles. The molecule has 0 radical (unpaired) electrons. The molecule has 2 N–H and O–H groups in total. The number of carbonyl (C=O) groups excluding carboxylic acids is 1. The van der Waals surface area contributed by atoms with Gasteiger partial charge in [-0.1, -0.05) is 24.3 Å². The van der Waals surface area contributed by atoms with Gasteiger partial charge in [-0.25, -0.2) is 4.79 Å². The van der Waals surface area contributed by atoms with E-state index in [1.807, 2.05) is 0 Å². The maximum absolute atomic E-state index is 12.0. The third-order valence-electron chi connectivity index (χ3n) is 3.17. The van der Waals surface area contributed by atoms with Crippen LogP contribution in [0.15, 0.2) is 42.5 Å². The van der Waals surface area contributed by atoms with E-state index < -0.39 is 11.9 Å². The second kappa shape index (κ2) is 7.31. The maximum atomic E-state index is 12.0. The van der Waals surface area contributed by atoms with Crippen molar-refractivity contribution in [1.29, 1.82) is 0 Å². The summed E-state index contributed by atoms with van der Waals surface area (Å²) >= 11 is 0. The van der Waals surface area contributed by atoms with Crippen LogP contribution in [0.5, 0.6) is 11.5 Å². The number of hydrogen-bond acceptors (Lipinski definition) is 4. The van der Waals surface area contributed by atoms with Gasteiger partial charge >= 0.3 is 5.97 Å². The molecule has 0 aliphatic carbocycles. The largest absolute Gasteiger partial charge is 0.495 e. The van der Waals surface area contributed by atoms with Crippen LogP contribution >= 0.6 is 0 Å². The zero-order chi connectivity index (χ0) is 16.8. The molecule has 0 atom stereocenters. The van der Waals surface area contributed by atoms with Crippen molar-refractivity contribution in [2.24, 2.45) is 0 Å². The summed E-state index contributed by atoms with van der Waals surface area (Å²) in [6, 6.07) is 11.8. The molecule has 2 aromatic carbocycles. The van der Waals surface area contributed by atoms with Crippen molar-refractivity contribution >= 4 is 17.6 Å². The van der Waals surface area contributed by atoms with Gasteiger partial charge in [0.15, 0.2) is 6.61 Å². The molecule has 0 bridgehead atoms. The van der Waals surface area contributed by atoms with Gasteiger partial charge in [0.05, 0.1) is 12.8 Å². The first-order chi connectivity index (χ1) is 11.0. The molecule has 0 aromatic heterocycles. The van der Waals surface area contributed by atoms with Crippen LogP contribution in [0.2, 0.25) is 0 Å². The summed E-state index contributed by atoms with van der Waals surface area (Å²) in [6.45, 7) is 1.42. The number of aromatic carboxylic acids is 1. The van der Waals surface area contributed by atoms with Crippen LogP contribution in [0.25, 0.3) is 0 Å². The molecule has 0 heterocycles. The highest BCUT2D eigenvalue weighted by atomic mass is 16.5. The number of benzene rings is 2. The molecule has 0 fully saturated rings. The lowest BCUT2D eigenvalue weighted by Gasteiger charge is -2.13. The van der Waals surface area contributed by atoms with Crippen LogP contribution < -0.4 is 14.8 Å². The van der Waals surface area contributed by atoms with Crippen LogP contribution in [0.4, 0.5) is 5.69 Å². The Bertz CT molecular complexity index is 727. The lowest BCUT2D eigenvalue weighted by molar-refractivity contribution is -0.118. The normalized spacial score (nSPS) is 10.0. The third kappa shape index (κ3) is 4.00. The zero-order valence-electron chi connectivity index (χ0n) is 12.8. The first kappa shape index (κ1) is 16.4. The summed E-state index contributed by atoms with van der Waals surface area (Å²) in [5.41, 5.74) is 1.19. The van der Waals surface area contributed by atoms with Gasteiger partial charge in [0.1, 0.15) is 17.1 Å². The summed E-state index contributed by atoms with van der Waals surface area (Å²) in [5.74, 6) is -0.791. The van der Waals surface area contributed by atoms with Crippen LogP contribution in [-0.4, -0.2) is 30.7 Å². The molecule has 1 amide bonds. The second-order valence-electron chi connectivity index (χ2n) is 4.79. The minimum absolute atomic E-state index is 0.0232. The Hall–Kier alpha value is -3.02. The fraction of sp³-hybridized carbons (Fsp3) is 0.176. The van der Waals surface area contributed by atoms with Gasteiger partial charge in [-0.3, -0.25) is 4.79 Å². The summed E-state index contributed by atoms with van der Waals surface area (Å²) < 4.78 is 10.5. The molecule has 0 unspecified atom stereocenters. The van der Waals surface area contributed by atoms with E-state index >= 15 is 0 Å². The minimum atomic E-state index is -1.10. The molecule has 2 aromatic rings. The Kier molecular flexibility index (Phi) is 5.19. The van der Waals surface area contributed by atoms with Crippen molar-refractivity contribution in [3.63, 3.8) is 0 Å². The van der Waals surface area contributed by atoms with Crippen molar-refractivity contribution in [3.8, 4) is 11.5 Å². The smallest absolute Gasteiger partial charge is 0.339 e. The zero-order valence-corrected chi connectivity index (χ0v) is 12.8. The minimum Gasteiger partial charge on any atom is -0.495 e. The van der Waals surface area contributed by atoms with Crippen LogP contribution in [0.1, 0.15) is 15.9 Å². The number of para-hydroxylation sites is 3. The molecule has 0 saturated heterocycles. The molecular weight excluding hydrogens is 298 g/mol. The summed E-state index contributed by atoms with van der Waals surface area (Å²) in [6.07, 6.45) is 0. The quantitative estimate of drug-likeness (QED) is 0.856. The molecular formula is C17H17NO5. The number of methoxy groups -OCH3 is 1. The van der Waals surface area contributed by atoms with Crippen LogP contribution in [0, 0.1) is 6.92 Å². The van der Waals surface area contributed by atoms with Crippen molar-refractivity contribution < 1.29 is 24.2 Å². The van der Waals surface area contributed by atoms with E-state index in [1.165, 1.54) is 13.2 Å². The lowest BCUT2D eigenvalue weighted by atomic mass is 10.1. The maximum Gasteiger partial charge on any atom is 0.339 e. The summed E-state index contributed by atoms with van der Waals surface area (Å²) in [4.78, 5) is 23.2. The van der Waals surface area contributed by atoms with Gasteiger partial charge in [0, 0.05) is 0 Å². The van der Waals surface area contributed by atoms with E-state index in [2.05, 4.69) is 5.32 Å². The number of aryl methyl sites for hydroxylation is 1. The van der Waals surface area contributed by atoms with Gasteiger partial charge in [-0.15, -0.1) is 0 Å². The van der Waals surface area contributed by atoms with Crippen LogP contribution in [0.3, 0.4) is 0 Å². The molecule has 6 nitrogen and oxygen atoms in total. The molecule has 0 saturated carbocycles. The lowest BCUT2D eigenvalue weighted by Crippen LogP contribution is -2.21. The highest BCUT2D eigenvalue weighted by Gasteiger charge is 2.15. The van der Waals surface area contributed by atoms with E-state index in [-0.39, 0.29) is 17.9 Å². The predicted octanol–water partition coefficient (Wildman–Crippen LogP) is 2.72. The van der Waals surface area contributed by atoms with Gasteiger partial charge in [-0.05, 0) is 30.7 Å². The van der Waals surface area contributed by atoms with Crippen molar-refractivity contribution in [1.82, 2.24) is 0 Å². The standard InChI is InChI=1S/C17H17NO5/c1-11-6-5-7-12(17(20)21)16(11)23-10-15(19)18-13-8-3-4-9-14(13)22-2/h3-9H,10H2,1-2H3,(H,18,19)(H,20,21). The SMILES string of the molecule is COc1ccccc1NC(=O)COc1c(C)cccc1C(=O)O. The molecule has 23 heavy (non-hydrogen) atoms. The van der Waals surface area contributed by atoms with E-state index in [0.29, 0.717) is 17.0 Å². The third-order valence-corrected chi connectivity index (χ3v) is 3.17. The number of ether oxygens (including phenoxy) is 2. The fourth-order valence-corrected chi connectivity index (χ4v) is 2.08. The van der Waals surface area contributed by atoms with Gasteiger partial charge in [0.2, 0.25) is 0 Å². The van der Waals surface area contributed by atoms with Crippen molar-refractivity contribution in [2.45, 2.75) is 6.92 Å². The second-order valence-corrected chi connectivity index (χ2v) is 4.79. The summed E-state index contributed by atoms with van der Waals surface area (Å²) in [7, 11) is 1.51. The molecule has 6 heteroatoms. The number of carboxylic acid groups (broad SMARTS) is 1. The number of carboxylic acids is 1. The van der Waals surface area contributed by atoms with Crippen LogP contribution in [-0.2, 0) is 4.79 Å². The van der Waals surface area contributed by atoms with Crippen molar-refractivity contribution in [2.75, 3.05) is 19.0 Å². The number of anilines is 1. The number of nitrogens with one attached hydrogen (secondary N) is 1. The molecule has 0 aliphatic rings. The number of amides is 1. The van der Waals surface area contributed by atoms with Crippen molar-refractivity contribution in [3.05, 3.63) is 53.6 Å². The van der Waals surface area contributed by atoms with Gasteiger partial charge < -0.3 is 19.9 Å². The Morgan fingerprint density at radius 1 is 1.13 bits per heavy atom. The first-order valence-corrected chi connectivity index (χ1v) is 6.91. The monoisotopic (exact) mass is 315 g/mol.